The van der Waals surface area contributed by atoms with Crippen LogP contribution in [-0.2, 0) is 16.6 Å². The van der Waals surface area contributed by atoms with Crippen molar-refractivity contribution in [3.8, 4) is 0 Å². The van der Waals surface area contributed by atoms with Crippen LogP contribution in [0.15, 0.2) is 12.4 Å². The minimum atomic E-state index is 0.104. The zero-order valence-corrected chi connectivity index (χ0v) is 9.35. The van der Waals surface area contributed by atoms with Gasteiger partial charge < -0.3 is 15.0 Å². The number of ether oxygens (including phenoxy) is 1. The van der Waals surface area contributed by atoms with Gasteiger partial charge in [-0.05, 0) is 0 Å². The molecule has 1 aromatic rings. The third kappa shape index (κ3) is 2.73. The molecule has 1 saturated heterocycles. The van der Waals surface area contributed by atoms with E-state index < -0.39 is 0 Å². The molecule has 0 saturated carbocycles. The second kappa shape index (κ2) is 4.98. The number of carbonyl (C=O) groups excluding carboxylic acids is 1. The van der Waals surface area contributed by atoms with Gasteiger partial charge >= 0.3 is 0 Å². The average Bonchev–Trinajstić information content (AvgIpc) is 2.73. The quantitative estimate of drug-likeness (QED) is 0.765. The molecule has 0 radical (unpaired) electrons. The van der Waals surface area contributed by atoms with Crippen molar-refractivity contribution in [3.05, 3.63) is 12.4 Å². The van der Waals surface area contributed by atoms with E-state index in [0.29, 0.717) is 32.8 Å². The van der Waals surface area contributed by atoms with Crippen molar-refractivity contribution < 1.29 is 9.53 Å². The van der Waals surface area contributed by atoms with E-state index >= 15 is 0 Å². The van der Waals surface area contributed by atoms with Gasteiger partial charge in [0.1, 0.15) is 0 Å². The van der Waals surface area contributed by atoms with Crippen LogP contribution < -0.4 is 5.32 Å². The average molecular weight is 224 g/mol. The first-order valence-electron chi connectivity index (χ1n) is 5.34. The van der Waals surface area contributed by atoms with Gasteiger partial charge in [-0.1, -0.05) is 0 Å². The normalized spacial score (nSPS) is 16.2. The number of carbonyl (C=O) groups is 1. The minimum Gasteiger partial charge on any atom is -0.378 e. The molecule has 1 aliphatic heterocycles. The number of hydrogen-bond donors (Lipinski definition) is 1. The Bertz CT molecular complexity index is 357. The lowest BCUT2D eigenvalue weighted by Gasteiger charge is -2.26. The maximum Gasteiger partial charge on any atom is 0.242 e. The highest BCUT2D eigenvalue weighted by atomic mass is 16.5. The van der Waals surface area contributed by atoms with Crippen LogP contribution in [-0.4, -0.2) is 53.4 Å². The van der Waals surface area contributed by atoms with Crippen LogP contribution >= 0.6 is 0 Å². The van der Waals surface area contributed by atoms with E-state index in [1.807, 2.05) is 18.1 Å². The summed E-state index contributed by atoms with van der Waals surface area (Å²) in [4.78, 5) is 13.6. The number of rotatable bonds is 3. The van der Waals surface area contributed by atoms with Crippen molar-refractivity contribution in [1.29, 1.82) is 0 Å². The molecule has 88 valence electrons. The number of amides is 1. The first-order valence-corrected chi connectivity index (χ1v) is 5.34. The van der Waals surface area contributed by atoms with Crippen molar-refractivity contribution in [2.45, 2.75) is 0 Å². The van der Waals surface area contributed by atoms with E-state index in [-0.39, 0.29) is 5.91 Å². The molecule has 1 aromatic heterocycles. The third-order valence-electron chi connectivity index (χ3n) is 2.51. The van der Waals surface area contributed by atoms with Crippen LogP contribution in [0.2, 0.25) is 0 Å². The summed E-state index contributed by atoms with van der Waals surface area (Å²) in [6, 6.07) is 0. The predicted molar refractivity (Wildman–Crippen MR) is 59.1 cm³/mol. The first kappa shape index (κ1) is 10.9. The van der Waals surface area contributed by atoms with E-state index in [1.165, 1.54) is 0 Å². The maximum absolute atomic E-state index is 11.8. The molecule has 16 heavy (non-hydrogen) atoms. The summed E-state index contributed by atoms with van der Waals surface area (Å²) in [5, 5.41) is 7.06. The Labute approximate surface area is 94.2 Å². The molecule has 6 nitrogen and oxygen atoms in total. The third-order valence-corrected chi connectivity index (χ3v) is 2.51. The Kier molecular flexibility index (Phi) is 3.40. The lowest BCUT2D eigenvalue weighted by atomic mass is 10.4. The molecule has 1 amide bonds. The van der Waals surface area contributed by atoms with Gasteiger partial charge in [0.05, 0.1) is 31.6 Å². The van der Waals surface area contributed by atoms with Crippen molar-refractivity contribution in [1.82, 2.24) is 14.7 Å². The van der Waals surface area contributed by atoms with Crippen molar-refractivity contribution in [2.75, 3.05) is 38.2 Å². The lowest BCUT2D eigenvalue weighted by Crippen LogP contribution is -2.43. The zero-order chi connectivity index (χ0) is 11.4. The molecular formula is C10H16N4O2. The van der Waals surface area contributed by atoms with E-state index in [2.05, 4.69) is 10.4 Å². The first-order chi connectivity index (χ1) is 7.75. The molecule has 0 spiro atoms. The number of aromatic nitrogens is 2. The molecule has 2 heterocycles. The molecule has 0 bridgehead atoms. The molecule has 1 aliphatic rings. The number of hydrogen-bond acceptors (Lipinski definition) is 4. The molecule has 0 atom stereocenters. The van der Waals surface area contributed by atoms with E-state index in [1.54, 1.807) is 10.9 Å². The monoisotopic (exact) mass is 224 g/mol. The van der Waals surface area contributed by atoms with E-state index in [9.17, 15) is 4.79 Å². The van der Waals surface area contributed by atoms with Crippen LogP contribution in [0, 0.1) is 0 Å². The van der Waals surface area contributed by atoms with E-state index in [0.717, 1.165) is 5.69 Å². The Morgan fingerprint density at radius 2 is 2.31 bits per heavy atom. The van der Waals surface area contributed by atoms with Crippen molar-refractivity contribution in [2.24, 2.45) is 7.05 Å². The highest BCUT2D eigenvalue weighted by Crippen LogP contribution is 2.03. The van der Waals surface area contributed by atoms with Crippen molar-refractivity contribution >= 4 is 11.6 Å². The summed E-state index contributed by atoms with van der Waals surface area (Å²) in [5.41, 5.74) is 0.865. The SMILES string of the molecule is Cn1cc(NCC(=O)N2CCOCC2)cn1. The summed E-state index contributed by atoms with van der Waals surface area (Å²) in [6.45, 7) is 2.96. The van der Waals surface area contributed by atoms with Gasteiger partial charge in [0.2, 0.25) is 5.91 Å². The van der Waals surface area contributed by atoms with Crippen molar-refractivity contribution in [3.63, 3.8) is 0 Å². The predicted octanol–water partition coefficient (Wildman–Crippen LogP) is -0.309. The Morgan fingerprint density at radius 3 is 2.94 bits per heavy atom. The smallest absolute Gasteiger partial charge is 0.242 e. The Hall–Kier alpha value is -1.56. The minimum absolute atomic E-state index is 0.104. The van der Waals surface area contributed by atoms with Crippen LogP contribution in [0.4, 0.5) is 5.69 Å². The van der Waals surface area contributed by atoms with Gasteiger partial charge in [-0.15, -0.1) is 0 Å². The molecule has 6 heteroatoms. The number of aryl methyl sites for hydroxylation is 1. The molecule has 0 aromatic carbocycles. The highest BCUT2D eigenvalue weighted by Gasteiger charge is 2.16. The fourth-order valence-corrected chi connectivity index (χ4v) is 1.61. The van der Waals surface area contributed by atoms with Crippen LogP contribution in [0.5, 0.6) is 0 Å². The van der Waals surface area contributed by atoms with Gasteiger partial charge in [-0.2, -0.15) is 5.10 Å². The van der Waals surface area contributed by atoms with E-state index in [4.69, 9.17) is 4.74 Å². The number of nitrogens with zero attached hydrogens (tertiary/aromatic N) is 3. The van der Waals surface area contributed by atoms with Gasteiger partial charge in [-0.25, -0.2) is 0 Å². The summed E-state index contributed by atoms with van der Waals surface area (Å²) >= 11 is 0. The summed E-state index contributed by atoms with van der Waals surface area (Å²) in [7, 11) is 1.84. The molecule has 1 fully saturated rings. The largest absolute Gasteiger partial charge is 0.378 e. The summed E-state index contributed by atoms with van der Waals surface area (Å²) in [5.74, 6) is 0.104. The molecular weight excluding hydrogens is 208 g/mol. The topological polar surface area (TPSA) is 59.4 Å². The lowest BCUT2D eigenvalue weighted by molar-refractivity contribution is -0.133. The Balaban J connectivity index is 1.78. The van der Waals surface area contributed by atoms with Gasteiger partial charge in [0.15, 0.2) is 0 Å². The number of morpholine rings is 1. The molecule has 0 unspecified atom stereocenters. The van der Waals surface area contributed by atoms with Crippen LogP contribution in [0.3, 0.4) is 0 Å². The second-order valence-corrected chi connectivity index (χ2v) is 3.75. The Morgan fingerprint density at radius 1 is 1.56 bits per heavy atom. The number of nitrogens with one attached hydrogen (secondary N) is 1. The molecule has 0 aliphatic carbocycles. The summed E-state index contributed by atoms with van der Waals surface area (Å²) < 4.78 is 6.88. The fourth-order valence-electron chi connectivity index (χ4n) is 1.61. The number of anilines is 1. The van der Waals surface area contributed by atoms with Gasteiger partial charge in [0.25, 0.3) is 0 Å². The van der Waals surface area contributed by atoms with Crippen LogP contribution in [0.25, 0.3) is 0 Å². The zero-order valence-electron chi connectivity index (χ0n) is 9.35. The van der Waals surface area contributed by atoms with Crippen LogP contribution in [0.1, 0.15) is 0 Å². The standard InChI is InChI=1S/C10H16N4O2/c1-13-8-9(6-12-13)11-7-10(15)14-2-4-16-5-3-14/h6,8,11H,2-5,7H2,1H3. The molecule has 1 N–H and O–H groups in total. The fraction of sp³-hybridized carbons (Fsp3) is 0.600. The maximum atomic E-state index is 11.8. The van der Waals surface area contributed by atoms with Gasteiger partial charge in [0, 0.05) is 26.3 Å². The highest BCUT2D eigenvalue weighted by molar-refractivity contribution is 5.80. The second-order valence-electron chi connectivity index (χ2n) is 3.75. The molecule has 2 rings (SSSR count). The van der Waals surface area contributed by atoms with Gasteiger partial charge in [-0.3, -0.25) is 9.48 Å². The summed E-state index contributed by atoms with van der Waals surface area (Å²) in [6.07, 6.45) is 3.54.